The third-order valence-corrected chi connectivity index (χ3v) is 6.79. The highest BCUT2D eigenvalue weighted by Gasteiger charge is 2.44. The Bertz CT molecular complexity index is 1030. The van der Waals surface area contributed by atoms with E-state index < -0.39 is 5.60 Å². The Morgan fingerprint density at radius 1 is 1.06 bits per heavy atom. The molecule has 2 aromatic rings. The van der Waals surface area contributed by atoms with E-state index in [1.54, 1.807) is 6.08 Å². The van der Waals surface area contributed by atoms with E-state index in [9.17, 15) is 9.59 Å². The number of benzene rings is 2. The highest BCUT2D eigenvalue weighted by Crippen LogP contribution is 2.41. The van der Waals surface area contributed by atoms with Crippen molar-refractivity contribution >= 4 is 17.8 Å². The molecule has 0 saturated carbocycles. The minimum absolute atomic E-state index is 0.0114. The molecule has 4 heteroatoms. The lowest BCUT2D eigenvalue weighted by atomic mass is 9.81. The van der Waals surface area contributed by atoms with Crippen LogP contribution in [0.3, 0.4) is 0 Å². The van der Waals surface area contributed by atoms with Crippen molar-refractivity contribution in [2.24, 2.45) is 0 Å². The standard InChI is InChI=1S/C27H31NO3/c1-18(2)22-9-6-21(7-10-22)8-12-25(30)28-15-13-27(14-16-28)17-24(29)23-11-5-19(3)20(4)26(23)31-27/h5-12,18H,13-17H2,1-4H3/b12-8+. The zero-order valence-corrected chi connectivity index (χ0v) is 18.9. The van der Waals surface area contributed by atoms with E-state index in [1.165, 1.54) is 5.56 Å². The smallest absolute Gasteiger partial charge is 0.246 e. The second kappa shape index (κ2) is 8.33. The number of amides is 1. The summed E-state index contributed by atoms with van der Waals surface area (Å²) in [6.07, 6.45) is 5.27. The van der Waals surface area contributed by atoms with Gasteiger partial charge in [-0.05, 0) is 54.2 Å². The number of ether oxygens (including phenoxy) is 1. The second-order valence-corrected chi connectivity index (χ2v) is 9.25. The van der Waals surface area contributed by atoms with Crippen LogP contribution in [0.2, 0.25) is 0 Å². The van der Waals surface area contributed by atoms with Gasteiger partial charge in [0.1, 0.15) is 11.4 Å². The van der Waals surface area contributed by atoms with Gasteiger partial charge in [0, 0.05) is 32.0 Å². The van der Waals surface area contributed by atoms with Crippen molar-refractivity contribution in [2.75, 3.05) is 13.1 Å². The average molecular weight is 418 g/mol. The van der Waals surface area contributed by atoms with Gasteiger partial charge in [0.2, 0.25) is 5.91 Å². The lowest BCUT2D eigenvalue weighted by molar-refractivity contribution is -0.129. The molecule has 0 atom stereocenters. The molecular weight excluding hydrogens is 386 g/mol. The Morgan fingerprint density at radius 3 is 2.39 bits per heavy atom. The van der Waals surface area contributed by atoms with E-state index >= 15 is 0 Å². The molecule has 1 saturated heterocycles. The second-order valence-electron chi connectivity index (χ2n) is 9.25. The molecule has 162 valence electrons. The molecule has 1 spiro atoms. The predicted octanol–water partition coefficient (Wildman–Crippen LogP) is 5.47. The summed E-state index contributed by atoms with van der Waals surface area (Å²) < 4.78 is 6.45. The number of Topliss-reactive ketones (excluding diaryl/α,β-unsaturated/α-hetero) is 1. The Balaban J connectivity index is 1.41. The van der Waals surface area contributed by atoms with Gasteiger partial charge < -0.3 is 9.64 Å². The van der Waals surface area contributed by atoms with Crippen LogP contribution in [0.5, 0.6) is 5.75 Å². The molecule has 0 bridgehead atoms. The van der Waals surface area contributed by atoms with E-state index in [2.05, 4.69) is 26.0 Å². The normalized spacial score (nSPS) is 17.8. The first-order valence-electron chi connectivity index (χ1n) is 11.2. The van der Waals surface area contributed by atoms with E-state index in [4.69, 9.17) is 4.74 Å². The number of hydrogen-bond acceptors (Lipinski definition) is 3. The summed E-state index contributed by atoms with van der Waals surface area (Å²) >= 11 is 0. The first kappa shape index (κ1) is 21.4. The number of aryl methyl sites for hydroxylation is 1. The van der Waals surface area contributed by atoms with Gasteiger partial charge in [-0.25, -0.2) is 0 Å². The van der Waals surface area contributed by atoms with E-state index in [0.717, 1.165) is 22.4 Å². The summed E-state index contributed by atoms with van der Waals surface area (Å²) in [7, 11) is 0. The van der Waals surface area contributed by atoms with Crippen molar-refractivity contribution in [3.05, 3.63) is 70.3 Å². The Labute approximate surface area is 184 Å². The molecule has 0 aromatic heterocycles. The summed E-state index contributed by atoms with van der Waals surface area (Å²) in [6, 6.07) is 12.2. The van der Waals surface area contributed by atoms with Crippen molar-refractivity contribution in [1.82, 2.24) is 4.90 Å². The maximum Gasteiger partial charge on any atom is 0.246 e. The van der Waals surface area contributed by atoms with Crippen LogP contribution in [0.15, 0.2) is 42.5 Å². The van der Waals surface area contributed by atoms with Gasteiger partial charge in [0.25, 0.3) is 0 Å². The summed E-state index contributed by atoms with van der Waals surface area (Å²) in [5, 5.41) is 0. The van der Waals surface area contributed by atoms with Gasteiger partial charge in [0.05, 0.1) is 12.0 Å². The Morgan fingerprint density at radius 2 is 1.74 bits per heavy atom. The fourth-order valence-electron chi connectivity index (χ4n) is 4.46. The molecule has 4 rings (SSSR count). The molecule has 4 nitrogen and oxygen atoms in total. The Hall–Kier alpha value is -2.88. The van der Waals surface area contributed by atoms with Crippen molar-refractivity contribution in [3.63, 3.8) is 0 Å². The molecule has 1 amide bonds. The fourth-order valence-corrected chi connectivity index (χ4v) is 4.46. The lowest BCUT2D eigenvalue weighted by Crippen LogP contribution is -2.52. The quantitative estimate of drug-likeness (QED) is 0.623. The van der Waals surface area contributed by atoms with Crippen molar-refractivity contribution in [3.8, 4) is 5.75 Å². The monoisotopic (exact) mass is 417 g/mol. The molecule has 0 unspecified atom stereocenters. The van der Waals surface area contributed by atoms with Crippen LogP contribution < -0.4 is 4.74 Å². The zero-order valence-electron chi connectivity index (χ0n) is 18.9. The van der Waals surface area contributed by atoms with E-state index in [-0.39, 0.29) is 11.7 Å². The minimum Gasteiger partial charge on any atom is -0.486 e. The van der Waals surface area contributed by atoms with Crippen LogP contribution in [-0.2, 0) is 4.79 Å². The van der Waals surface area contributed by atoms with Crippen LogP contribution in [0.1, 0.15) is 71.6 Å². The van der Waals surface area contributed by atoms with Crippen molar-refractivity contribution < 1.29 is 14.3 Å². The molecular formula is C27H31NO3. The molecule has 2 aliphatic heterocycles. The fraction of sp³-hybridized carbons (Fsp3) is 0.407. The topological polar surface area (TPSA) is 46.6 Å². The maximum atomic E-state index is 12.8. The van der Waals surface area contributed by atoms with Crippen LogP contribution in [0.4, 0.5) is 0 Å². The number of hydrogen-bond donors (Lipinski definition) is 0. The number of fused-ring (bicyclic) bond motifs is 1. The van der Waals surface area contributed by atoms with Crippen LogP contribution in [0, 0.1) is 13.8 Å². The summed E-state index contributed by atoms with van der Waals surface area (Å²) in [5.74, 6) is 1.39. The number of rotatable bonds is 3. The third kappa shape index (κ3) is 4.30. The molecule has 2 aromatic carbocycles. The van der Waals surface area contributed by atoms with Crippen LogP contribution >= 0.6 is 0 Å². The molecule has 2 heterocycles. The third-order valence-electron chi connectivity index (χ3n) is 6.79. The number of nitrogens with zero attached hydrogens (tertiary/aromatic N) is 1. The minimum atomic E-state index is -0.490. The van der Waals surface area contributed by atoms with E-state index in [1.807, 2.05) is 49.1 Å². The summed E-state index contributed by atoms with van der Waals surface area (Å²) in [5.41, 5.74) is 4.68. The average Bonchev–Trinajstić information content (AvgIpc) is 2.76. The molecule has 31 heavy (non-hydrogen) atoms. The Kier molecular flexibility index (Phi) is 5.74. The van der Waals surface area contributed by atoms with Crippen LogP contribution in [0.25, 0.3) is 6.08 Å². The number of piperidine rings is 1. The van der Waals surface area contributed by atoms with Gasteiger partial charge in [-0.3, -0.25) is 9.59 Å². The molecule has 0 radical (unpaired) electrons. The lowest BCUT2D eigenvalue weighted by Gasteiger charge is -2.44. The number of carbonyl (C=O) groups excluding carboxylic acids is 2. The predicted molar refractivity (Wildman–Crippen MR) is 124 cm³/mol. The van der Waals surface area contributed by atoms with Gasteiger partial charge in [0.15, 0.2) is 5.78 Å². The van der Waals surface area contributed by atoms with Gasteiger partial charge >= 0.3 is 0 Å². The van der Waals surface area contributed by atoms with Gasteiger partial charge in [-0.1, -0.05) is 44.2 Å². The van der Waals surface area contributed by atoms with Crippen molar-refractivity contribution in [1.29, 1.82) is 0 Å². The highest BCUT2D eigenvalue weighted by atomic mass is 16.5. The molecule has 0 aliphatic carbocycles. The number of likely N-dealkylation sites (tertiary alicyclic amines) is 1. The highest BCUT2D eigenvalue weighted by molar-refractivity contribution is 6.01. The first-order valence-corrected chi connectivity index (χ1v) is 11.2. The molecule has 0 N–H and O–H groups in total. The largest absolute Gasteiger partial charge is 0.486 e. The van der Waals surface area contributed by atoms with Crippen LogP contribution in [-0.4, -0.2) is 35.3 Å². The first-order chi connectivity index (χ1) is 14.8. The van der Waals surface area contributed by atoms with E-state index in [0.29, 0.717) is 43.8 Å². The maximum absolute atomic E-state index is 12.8. The molecule has 2 aliphatic rings. The number of ketones is 1. The van der Waals surface area contributed by atoms with Gasteiger partial charge in [-0.15, -0.1) is 0 Å². The van der Waals surface area contributed by atoms with Crippen molar-refractivity contribution in [2.45, 2.75) is 58.5 Å². The van der Waals surface area contributed by atoms with Gasteiger partial charge in [-0.2, -0.15) is 0 Å². The SMILES string of the molecule is Cc1ccc2c(c1C)OC1(CCN(C(=O)/C=C/c3ccc(C(C)C)cc3)CC1)CC2=O. The summed E-state index contributed by atoms with van der Waals surface area (Å²) in [4.78, 5) is 27.4. The summed E-state index contributed by atoms with van der Waals surface area (Å²) in [6.45, 7) is 9.59. The zero-order chi connectivity index (χ0) is 22.2. The molecule has 1 fully saturated rings. The number of carbonyl (C=O) groups is 2.